The maximum Gasteiger partial charge on any atom is 0.257 e. The molecule has 7 nitrogen and oxygen atoms in total. The number of hydrogen-bond donors (Lipinski definition) is 1. The van der Waals surface area contributed by atoms with Crippen LogP contribution in [0.3, 0.4) is 0 Å². The molecule has 0 bridgehead atoms. The zero-order chi connectivity index (χ0) is 20.2. The van der Waals surface area contributed by atoms with Crippen LogP contribution in [0.25, 0.3) is 10.6 Å². The van der Waals surface area contributed by atoms with E-state index in [2.05, 4.69) is 22.2 Å². The van der Waals surface area contributed by atoms with Crippen molar-refractivity contribution in [3.05, 3.63) is 28.6 Å². The number of rotatable bonds is 5. The smallest absolute Gasteiger partial charge is 0.257 e. The van der Waals surface area contributed by atoms with Gasteiger partial charge in [0.1, 0.15) is 5.69 Å². The van der Waals surface area contributed by atoms with Gasteiger partial charge in [-0.15, -0.1) is 0 Å². The molecule has 1 aliphatic carbocycles. The van der Waals surface area contributed by atoms with Gasteiger partial charge < -0.3 is 10.2 Å². The van der Waals surface area contributed by atoms with Crippen molar-refractivity contribution < 1.29 is 14.4 Å². The summed E-state index contributed by atoms with van der Waals surface area (Å²) in [7, 11) is 0. The van der Waals surface area contributed by atoms with E-state index in [4.69, 9.17) is 0 Å². The molecule has 0 radical (unpaired) electrons. The van der Waals surface area contributed by atoms with E-state index in [9.17, 15) is 14.4 Å². The molecule has 0 spiro atoms. The van der Waals surface area contributed by atoms with Gasteiger partial charge in [0, 0.05) is 26.4 Å². The fourth-order valence-electron chi connectivity index (χ4n) is 3.73. The molecule has 1 unspecified atom stereocenters. The molecule has 3 heterocycles. The first-order valence-corrected chi connectivity index (χ1v) is 10.2. The molecule has 1 N–H and O–H groups in total. The number of fused-ring (bicyclic) bond motifs is 1. The third kappa shape index (κ3) is 3.22. The summed E-state index contributed by atoms with van der Waals surface area (Å²) >= 11 is 1.31. The summed E-state index contributed by atoms with van der Waals surface area (Å²) in [4.78, 5) is 48.2. The minimum absolute atomic E-state index is 0.0985. The highest BCUT2D eigenvalue weighted by Gasteiger charge is 2.40. The van der Waals surface area contributed by atoms with Crippen LogP contribution in [0.4, 0.5) is 5.13 Å². The Bertz CT molecular complexity index is 1010. The zero-order valence-corrected chi connectivity index (χ0v) is 17.1. The molecule has 28 heavy (non-hydrogen) atoms. The molecule has 2 amide bonds. The van der Waals surface area contributed by atoms with E-state index in [1.54, 1.807) is 0 Å². The number of thiazole rings is 1. The Kier molecular flexibility index (Phi) is 4.53. The molecule has 2 aliphatic rings. The molecular formula is C20H22N4O3S. The quantitative estimate of drug-likeness (QED) is 0.779. The first-order valence-electron chi connectivity index (χ1n) is 9.37. The van der Waals surface area contributed by atoms with Gasteiger partial charge in [0.25, 0.3) is 5.91 Å². The number of aromatic nitrogens is 2. The van der Waals surface area contributed by atoms with Gasteiger partial charge in [-0.2, -0.15) is 0 Å². The van der Waals surface area contributed by atoms with E-state index in [1.807, 2.05) is 17.9 Å². The molecule has 1 atom stereocenters. The number of anilines is 1. The monoisotopic (exact) mass is 398 g/mol. The SMILES string of the molecule is CC(=O)Nc1nc(C)c(-c2cc3c(c(C(C)=O)n2)C(=O)N(C(C)C2CC2)C3)s1. The Hall–Kier alpha value is -2.61. The third-order valence-electron chi connectivity index (χ3n) is 5.36. The number of carbonyl (C=O) groups is 3. The molecule has 8 heteroatoms. The number of nitrogens with zero attached hydrogens (tertiary/aromatic N) is 3. The van der Waals surface area contributed by atoms with Crippen LogP contribution in [0.5, 0.6) is 0 Å². The fourth-order valence-corrected chi connectivity index (χ4v) is 4.70. The summed E-state index contributed by atoms with van der Waals surface area (Å²) in [6, 6.07) is 2.05. The Balaban J connectivity index is 1.77. The van der Waals surface area contributed by atoms with Gasteiger partial charge in [0.15, 0.2) is 10.9 Å². The number of carbonyl (C=O) groups excluding carboxylic acids is 3. The Morgan fingerprint density at radius 1 is 1.29 bits per heavy atom. The molecule has 0 saturated heterocycles. The van der Waals surface area contributed by atoms with Gasteiger partial charge in [-0.1, -0.05) is 11.3 Å². The van der Waals surface area contributed by atoms with Crippen molar-refractivity contribution >= 4 is 34.1 Å². The molecule has 2 aromatic rings. The number of ketones is 1. The Morgan fingerprint density at radius 2 is 2.00 bits per heavy atom. The summed E-state index contributed by atoms with van der Waals surface area (Å²) in [6.07, 6.45) is 2.30. The van der Waals surface area contributed by atoms with Crippen molar-refractivity contribution in [3.63, 3.8) is 0 Å². The number of pyridine rings is 1. The van der Waals surface area contributed by atoms with Gasteiger partial charge in [-0.25, -0.2) is 9.97 Å². The van der Waals surface area contributed by atoms with E-state index in [0.717, 1.165) is 29.0 Å². The lowest BCUT2D eigenvalue weighted by atomic mass is 10.0. The van der Waals surface area contributed by atoms with Gasteiger partial charge in [0.05, 0.1) is 21.8 Å². The minimum atomic E-state index is -0.225. The molecule has 146 valence electrons. The maximum atomic E-state index is 13.0. The highest BCUT2D eigenvalue weighted by atomic mass is 32.1. The highest BCUT2D eigenvalue weighted by Crippen LogP contribution is 2.40. The van der Waals surface area contributed by atoms with Crippen LogP contribution in [-0.4, -0.2) is 38.5 Å². The maximum absolute atomic E-state index is 13.0. The van der Waals surface area contributed by atoms with Crippen molar-refractivity contribution in [3.8, 4) is 10.6 Å². The predicted octanol–water partition coefficient (Wildman–Crippen LogP) is 3.43. The first-order chi connectivity index (χ1) is 13.3. The number of nitrogens with one attached hydrogen (secondary N) is 1. The standard InChI is InChI=1S/C20H22N4O3S/c1-9-18(28-20(21-9)22-12(4)26)15-7-14-8-24(10(2)13-5-6-13)19(27)16(14)17(23-15)11(3)25/h7,10,13H,5-6,8H2,1-4H3,(H,21,22,26). The largest absolute Gasteiger partial charge is 0.331 e. The van der Waals surface area contributed by atoms with Crippen LogP contribution >= 0.6 is 11.3 Å². The molecule has 1 saturated carbocycles. The van der Waals surface area contributed by atoms with E-state index >= 15 is 0 Å². The summed E-state index contributed by atoms with van der Waals surface area (Å²) in [5.41, 5.74) is 2.83. The average molecular weight is 398 g/mol. The number of hydrogen-bond acceptors (Lipinski definition) is 6. The normalized spacial score (nSPS) is 16.9. The van der Waals surface area contributed by atoms with Crippen LogP contribution in [0, 0.1) is 12.8 Å². The summed E-state index contributed by atoms with van der Waals surface area (Å²) in [6.45, 7) is 7.29. The Labute approximate surface area is 167 Å². The third-order valence-corrected chi connectivity index (χ3v) is 6.45. The number of aryl methyl sites for hydroxylation is 1. The predicted molar refractivity (Wildman–Crippen MR) is 106 cm³/mol. The molecule has 1 fully saturated rings. The van der Waals surface area contributed by atoms with E-state index in [-0.39, 0.29) is 29.3 Å². The summed E-state index contributed by atoms with van der Waals surface area (Å²) < 4.78 is 0. The van der Waals surface area contributed by atoms with Crippen LogP contribution in [-0.2, 0) is 11.3 Å². The van der Waals surface area contributed by atoms with Crippen LogP contribution in [0.1, 0.15) is 65.7 Å². The molecule has 2 aromatic heterocycles. The summed E-state index contributed by atoms with van der Waals surface area (Å²) in [5.74, 6) is 0.0348. The zero-order valence-electron chi connectivity index (χ0n) is 16.3. The van der Waals surface area contributed by atoms with Gasteiger partial charge >= 0.3 is 0 Å². The second-order valence-corrected chi connectivity index (χ2v) is 8.57. The molecule has 1 aliphatic heterocycles. The minimum Gasteiger partial charge on any atom is -0.331 e. The lowest BCUT2D eigenvalue weighted by Gasteiger charge is -2.23. The van der Waals surface area contributed by atoms with E-state index in [0.29, 0.717) is 28.9 Å². The number of Topliss-reactive ketones (excluding diaryl/α,β-unsaturated/α-hetero) is 1. The highest BCUT2D eigenvalue weighted by molar-refractivity contribution is 7.19. The van der Waals surface area contributed by atoms with Crippen molar-refractivity contribution in [2.24, 2.45) is 5.92 Å². The average Bonchev–Trinajstić information content (AvgIpc) is 3.33. The lowest BCUT2D eigenvalue weighted by Crippen LogP contribution is -2.35. The first kappa shape index (κ1) is 18.7. The van der Waals surface area contributed by atoms with Crippen molar-refractivity contribution in [2.45, 2.75) is 53.1 Å². The van der Waals surface area contributed by atoms with Crippen molar-refractivity contribution in [1.82, 2.24) is 14.9 Å². The second kappa shape index (κ2) is 6.77. The van der Waals surface area contributed by atoms with E-state index < -0.39 is 0 Å². The van der Waals surface area contributed by atoms with Crippen LogP contribution in [0.2, 0.25) is 0 Å². The second-order valence-electron chi connectivity index (χ2n) is 7.57. The van der Waals surface area contributed by atoms with Gasteiger partial charge in [-0.3, -0.25) is 14.4 Å². The van der Waals surface area contributed by atoms with Crippen LogP contribution in [0.15, 0.2) is 6.07 Å². The topological polar surface area (TPSA) is 92.3 Å². The lowest BCUT2D eigenvalue weighted by molar-refractivity contribution is -0.114. The Morgan fingerprint density at radius 3 is 2.61 bits per heavy atom. The van der Waals surface area contributed by atoms with Crippen molar-refractivity contribution in [2.75, 3.05) is 5.32 Å². The molecule has 4 rings (SSSR count). The van der Waals surface area contributed by atoms with E-state index in [1.165, 1.54) is 25.2 Å². The molecular weight excluding hydrogens is 376 g/mol. The summed E-state index contributed by atoms with van der Waals surface area (Å²) in [5, 5.41) is 3.18. The van der Waals surface area contributed by atoms with Crippen molar-refractivity contribution in [1.29, 1.82) is 0 Å². The fraction of sp³-hybridized carbons (Fsp3) is 0.450. The van der Waals surface area contributed by atoms with Gasteiger partial charge in [-0.05, 0) is 44.2 Å². The van der Waals surface area contributed by atoms with Gasteiger partial charge in [0.2, 0.25) is 5.91 Å². The van der Waals surface area contributed by atoms with Crippen LogP contribution < -0.4 is 5.32 Å². The molecule has 0 aromatic carbocycles. The number of amides is 2.